The maximum Gasteiger partial charge on any atom is 0.141 e. The molecule has 0 aliphatic heterocycles. The van der Waals surface area contributed by atoms with Gasteiger partial charge in [-0.1, -0.05) is 52.5 Å². The van der Waals surface area contributed by atoms with Crippen LogP contribution in [0.1, 0.15) is 11.1 Å². The molecule has 0 atom stereocenters. The number of hydrogen-bond acceptors (Lipinski definition) is 1. The van der Waals surface area contributed by atoms with Crippen molar-refractivity contribution in [1.29, 1.82) is 0 Å². The molecule has 0 aliphatic rings. The molecule has 0 N–H and O–H groups in total. The third-order valence-electron chi connectivity index (χ3n) is 2.78. The van der Waals surface area contributed by atoms with Crippen LogP contribution in [-0.2, 0) is 17.6 Å². The van der Waals surface area contributed by atoms with Gasteiger partial charge < -0.3 is 0 Å². The van der Waals surface area contributed by atoms with E-state index in [1.807, 2.05) is 0 Å². The van der Waals surface area contributed by atoms with Crippen molar-refractivity contribution in [2.24, 2.45) is 0 Å². The maximum atomic E-state index is 12.1. The second kappa shape index (κ2) is 6.82. The molecule has 1 nitrogen and oxygen atoms in total. The van der Waals surface area contributed by atoms with Gasteiger partial charge in [0, 0.05) is 22.9 Å². The van der Waals surface area contributed by atoms with Gasteiger partial charge in [-0.2, -0.15) is 0 Å². The smallest absolute Gasteiger partial charge is 0.141 e. The standard InChI is InChI=1S/C15H10Cl4O/c16-11-2-4-13(17)10(7-11)8-12(20)5-9-1-3-14(18)15(19)6-9/h1-4,6-7H,5,8H2. The van der Waals surface area contributed by atoms with Crippen molar-refractivity contribution in [2.45, 2.75) is 12.8 Å². The molecule has 0 bridgehead atoms. The third-order valence-corrected chi connectivity index (χ3v) is 4.12. The monoisotopic (exact) mass is 346 g/mol. The van der Waals surface area contributed by atoms with Crippen molar-refractivity contribution in [1.82, 2.24) is 0 Å². The quantitative estimate of drug-likeness (QED) is 0.697. The van der Waals surface area contributed by atoms with Crippen molar-refractivity contribution in [3.63, 3.8) is 0 Å². The molecule has 0 spiro atoms. The minimum absolute atomic E-state index is 0.0348. The van der Waals surface area contributed by atoms with Gasteiger partial charge in [-0.25, -0.2) is 0 Å². The second-order valence-corrected chi connectivity index (χ2v) is 6.03. The number of halogens is 4. The van der Waals surface area contributed by atoms with Crippen LogP contribution in [0.2, 0.25) is 20.1 Å². The van der Waals surface area contributed by atoms with Crippen LogP contribution in [0.25, 0.3) is 0 Å². The fourth-order valence-electron chi connectivity index (χ4n) is 1.83. The van der Waals surface area contributed by atoms with Gasteiger partial charge in [-0.3, -0.25) is 4.79 Å². The molecule has 0 radical (unpaired) electrons. The van der Waals surface area contributed by atoms with Crippen LogP contribution >= 0.6 is 46.4 Å². The second-order valence-electron chi connectivity index (χ2n) is 4.38. The van der Waals surface area contributed by atoms with Gasteiger partial charge in [0.15, 0.2) is 0 Å². The number of hydrogen-bond donors (Lipinski definition) is 0. The Kier molecular flexibility index (Phi) is 5.34. The lowest BCUT2D eigenvalue weighted by atomic mass is 10.0. The van der Waals surface area contributed by atoms with E-state index in [2.05, 4.69) is 0 Å². The fourth-order valence-corrected chi connectivity index (χ4v) is 2.53. The highest BCUT2D eigenvalue weighted by molar-refractivity contribution is 6.42. The zero-order valence-corrected chi connectivity index (χ0v) is 13.3. The lowest BCUT2D eigenvalue weighted by Crippen LogP contribution is -2.07. The summed E-state index contributed by atoms with van der Waals surface area (Å²) in [5, 5.41) is 2.02. The molecule has 104 valence electrons. The zero-order valence-electron chi connectivity index (χ0n) is 10.3. The molecular weight excluding hydrogens is 338 g/mol. The Morgan fingerprint density at radius 2 is 1.50 bits per heavy atom. The maximum absolute atomic E-state index is 12.1. The highest BCUT2D eigenvalue weighted by Crippen LogP contribution is 2.24. The average Bonchev–Trinajstić information content (AvgIpc) is 2.38. The molecular formula is C15H10Cl4O. The largest absolute Gasteiger partial charge is 0.299 e. The van der Waals surface area contributed by atoms with Gasteiger partial charge >= 0.3 is 0 Å². The van der Waals surface area contributed by atoms with Gasteiger partial charge in [0.2, 0.25) is 0 Å². The van der Waals surface area contributed by atoms with E-state index in [1.54, 1.807) is 36.4 Å². The molecule has 2 aromatic rings. The molecule has 0 saturated carbocycles. The van der Waals surface area contributed by atoms with Crippen molar-refractivity contribution in [3.8, 4) is 0 Å². The molecule has 0 amide bonds. The Morgan fingerprint density at radius 3 is 2.20 bits per heavy atom. The summed E-state index contributed by atoms with van der Waals surface area (Å²) in [5.41, 5.74) is 1.55. The minimum atomic E-state index is 0.0348. The van der Waals surface area contributed by atoms with E-state index in [1.165, 1.54) is 0 Å². The summed E-state index contributed by atoms with van der Waals surface area (Å²) in [7, 11) is 0. The molecule has 20 heavy (non-hydrogen) atoms. The van der Waals surface area contributed by atoms with E-state index in [4.69, 9.17) is 46.4 Å². The predicted octanol–water partition coefficient (Wildman–Crippen LogP) is 5.65. The van der Waals surface area contributed by atoms with Crippen LogP contribution in [0, 0.1) is 0 Å². The molecule has 0 unspecified atom stereocenters. The van der Waals surface area contributed by atoms with Crippen molar-refractivity contribution < 1.29 is 4.79 Å². The van der Waals surface area contributed by atoms with Crippen molar-refractivity contribution in [2.75, 3.05) is 0 Å². The summed E-state index contributed by atoms with van der Waals surface area (Å²) in [6, 6.07) is 10.2. The first-order valence-electron chi connectivity index (χ1n) is 5.85. The van der Waals surface area contributed by atoms with E-state index in [-0.39, 0.29) is 18.6 Å². The summed E-state index contributed by atoms with van der Waals surface area (Å²) < 4.78 is 0. The van der Waals surface area contributed by atoms with Crippen LogP contribution in [-0.4, -0.2) is 5.78 Å². The van der Waals surface area contributed by atoms with Crippen molar-refractivity contribution in [3.05, 3.63) is 67.6 Å². The van der Waals surface area contributed by atoms with Gasteiger partial charge in [0.1, 0.15) is 5.78 Å². The Labute approximate surface area is 137 Å². The van der Waals surface area contributed by atoms with Crippen LogP contribution < -0.4 is 0 Å². The molecule has 5 heteroatoms. The first-order chi connectivity index (χ1) is 9.45. The minimum Gasteiger partial charge on any atom is -0.299 e. The Bertz CT molecular complexity index is 652. The number of Topliss-reactive ketones (excluding diaryl/α,β-unsaturated/α-hetero) is 1. The van der Waals surface area contributed by atoms with E-state index in [9.17, 15) is 4.79 Å². The summed E-state index contributed by atoms with van der Waals surface area (Å²) in [5.74, 6) is 0.0348. The molecule has 2 rings (SSSR count). The summed E-state index contributed by atoms with van der Waals surface area (Å²) in [6.45, 7) is 0. The van der Waals surface area contributed by atoms with E-state index < -0.39 is 0 Å². The number of carbonyl (C=O) groups is 1. The van der Waals surface area contributed by atoms with Crippen LogP contribution in [0.5, 0.6) is 0 Å². The highest BCUT2D eigenvalue weighted by Gasteiger charge is 2.10. The average molecular weight is 348 g/mol. The number of carbonyl (C=O) groups excluding carboxylic acids is 1. The number of benzene rings is 2. The Balaban J connectivity index is 2.09. The van der Waals surface area contributed by atoms with Crippen LogP contribution in [0.3, 0.4) is 0 Å². The summed E-state index contributed by atoms with van der Waals surface area (Å²) >= 11 is 23.7. The molecule has 0 aromatic heterocycles. The van der Waals surface area contributed by atoms with Gasteiger partial charge in [-0.15, -0.1) is 0 Å². The molecule has 0 fully saturated rings. The van der Waals surface area contributed by atoms with Crippen molar-refractivity contribution >= 4 is 52.2 Å². The Morgan fingerprint density at radius 1 is 0.800 bits per heavy atom. The van der Waals surface area contributed by atoms with Crippen LogP contribution in [0.15, 0.2) is 36.4 Å². The number of ketones is 1. The molecule has 0 saturated heterocycles. The SMILES string of the molecule is O=C(Cc1ccc(Cl)c(Cl)c1)Cc1cc(Cl)ccc1Cl. The molecule has 0 heterocycles. The number of rotatable bonds is 4. The normalized spacial score (nSPS) is 10.6. The highest BCUT2D eigenvalue weighted by atomic mass is 35.5. The molecule has 2 aromatic carbocycles. The first-order valence-corrected chi connectivity index (χ1v) is 7.36. The third kappa shape index (κ3) is 4.13. The lowest BCUT2D eigenvalue weighted by Gasteiger charge is -2.06. The van der Waals surface area contributed by atoms with Gasteiger partial charge in [0.25, 0.3) is 0 Å². The topological polar surface area (TPSA) is 17.1 Å². The first kappa shape index (κ1) is 15.7. The van der Waals surface area contributed by atoms with Crippen LogP contribution in [0.4, 0.5) is 0 Å². The Hall–Kier alpha value is -0.730. The molecule has 0 aliphatic carbocycles. The van der Waals surface area contributed by atoms with E-state index in [0.717, 1.165) is 11.1 Å². The fraction of sp³-hybridized carbons (Fsp3) is 0.133. The van der Waals surface area contributed by atoms with Gasteiger partial charge in [0.05, 0.1) is 10.0 Å². The summed E-state index contributed by atoms with van der Waals surface area (Å²) in [4.78, 5) is 12.1. The lowest BCUT2D eigenvalue weighted by molar-refractivity contribution is -0.117. The van der Waals surface area contributed by atoms with E-state index >= 15 is 0 Å². The zero-order chi connectivity index (χ0) is 14.7. The van der Waals surface area contributed by atoms with Gasteiger partial charge in [-0.05, 0) is 41.5 Å². The summed E-state index contributed by atoms with van der Waals surface area (Å²) in [6.07, 6.45) is 0.513. The predicted molar refractivity (Wildman–Crippen MR) is 85.3 cm³/mol. The van der Waals surface area contributed by atoms with E-state index in [0.29, 0.717) is 20.1 Å².